The van der Waals surface area contributed by atoms with Gasteiger partial charge < -0.3 is 98.1 Å². The van der Waals surface area contributed by atoms with E-state index in [0.29, 0.717) is 25.1 Å². The molecule has 4 aliphatic heterocycles. The number of methoxy groups -OCH3 is 2. The average molecular weight is 1520 g/mol. The van der Waals surface area contributed by atoms with Crippen molar-refractivity contribution in [2.45, 2.75) is 184 Å². The fourth-order valence-electron chi connectivity index (χ4n) is 12.8. The standard InChI is InChI=1S/C73H97ClN8O25/c1-40-15-13-19-55(99-10)73(97)37-54(104-70(95)78-73)41(2)66-72(4,107-66)56(36-59(86)81(8)50-33-44(31-40)34-53(98-9)61(50)74)105-68(94)42(3)80(7)71(96)102-39-43-20-22-52(103-69-64(91)62(89)63(90)65(106-69)67(92)93)48(32-43)77-58(85)25-28-101-30-29-100-27-14-18-51(83)47(21-23-60(87)88)76-57(84)24-26-82-46(38-79(6)75-5)35-45-16-11-12-17-49(45)82/h11-13,15-17,19-20,22,32-35,41-42,47,54-56,62-66,69,75,89-91,97H,14,18,21,23-31,36-39H2,1-10H3,(H,76,84)(H,77,85)(H,78,95)(H,87,88)(H,92,93)/b19-13+,40-15+/t41-,42+,47-,54+,55-,56+,62+,63+,64-,65+,66+,69?,72+,73+/m1/s1. The van der Waals surface area contributed by atoms with Gasteiger partial charge in [0, 0.05) is 84.2 Å². The van der Waals surface area contributed by atoms with E-state index in [1.165, 1.54) is 58.3 Å². The van der Waals surface area contributed by atoms with Crippen molar-refractivity contribution in [1.29, 1.82) is 0 Å². The van der Waals surface area contributed by atoms with E-state index in [2.05, 4.69) is 21.4 Å². The van der Waals surface area contributed by atoms with Gasteiger partial charge in [-0.1, -0.05) is 66.6 Å². The number of amides is 5. The second kappa shape index (κ2) is 37.8. The summed E-state index contributed by atoms with van der Waals surface area (Å²) < 4.78 is 59.6. The zero-order valence-corrected chi connectivity index (χ0v) is 62.1. The largest absolute Gasteiger partial charge is 0.495 e. The second-order valence-electron chi connectivity index (χ2n) is 27.1. The Labute approximate surface area is 623 Å². The van der Waals surface area contributed by atoms with E-state index in [0.717, 1.165) is 27.1 Å². The number of fused-ring (bicyclic) bond motifs is 6. The molecule has 5 heterocycles. The first-order valence-corrected chi connectivity index (χ1v) is 35.3. The summed E-state index contributed by atoms with van der Waals surface area (Å²) in [6, 6.07) is 14.7. The Bertz CT molecular complexity index is 3910. The molecule has 0 aliphatic carbocycles. The molecule has 0 spiro atoms. The van der Waals surface area contributed by atoms with Crippen LogP contribution in [0.15, 0.2) is 84.5 Å². The van der Waals surface area contributed by atoms with Crippen molar-refractivity contribution in [1.82, 2.24) is 30.5 Å². The number of halogens is 1. The molecule has 0 radical (unpaired) electrons. The van der Waals surface area contributed by atoms with Crippen LogP contribution >= 0.6 is 11.6 Å². The van der Waals surface area contributed by atoms with Crippen LogP contribution < -0.4 is 35.7 Å². The second-order valence-corrected chi connectivity index (χ2v) is 27.4. The molecule has 107 heavy (non-hydrogen) atoms. The normalized spacial score (nSPS) is 25.9. The van der Waals surface area contributed by atoms with Crippen molar-refractivity contribution in [2.75, 3.05) is 79.1 Å². The summed E-state index contributed by atoms with van der Waals surface area (Å²) in [7, 11) is 9.24. The number of aliphatic carboxylic acids is 2. The van der Waals surface area contributed by atoms with Gasteiger partial charge in [-0.25, -0.2) is 24.2 Å². The first kappa shape index (κ1) is 83.8. The molecule has 14 atom stereocenters. The number of anilines is 2. The smallest absolute Gasteiger partial charge is 0.410 e. The molecule has 1 unspecified atom stereocenters. The summed E-state index contributed by atoms with van der Waals surface area (Å²) in [4.78, 5) is 122. The first-order chi connectivity index (χ1) is 50.8. The highest BCUT2D eigenvalue weighted by Crippen LogP contribution is 2.49. The SMILES string of the molecule is CNN(C)Cc1cc2ccccc2n1CCC(=O)N[C@H](CCC(=O)O)C(=O)CCCOCCOCCC(=O)Nc1cc(COC(=O)N(C)[C@@H](C)C(=O)O[C@H]2CC(=O)N(C)c3cc(cc(OC)c3Cl)C/C(C)=C/C=C/[C@@H](OC)[C@@]3(O)C[C@H](OC(=O)N3)[C@@H](C)[C@@H]3O[C@@]23C)ccc1OC1O[C@H](C(=O)O)[C@@H](O)[C@H](O)[C@H]1O. The van der Waals surface area contributed by atoms with Crippen molar-refractivity contribution < 1.29 is 121 Å². The van der Waals surface area contributed by atoms with E-state index in [1.54, 1.807) is 51.3 Å². The lowest BCUT2D eigenvalue weighted by Crippen LogP contribution is -2.63. The van der Waals surface area contributed by atoms with Crippen LogP contribution in [0.3, 0.4) is 0 Å². The van der Waals surface area contributed by atoms with Gasteiger partial charge in [-0.15, -0.1) is 0 Å². The third-order valence-electron chi connectivity index (χ3n) is 19.3. The molecule has 3 aromatic carbocycles. The van der Waals surface area contributed by atoms with Crippen LogP contribution in [-0.4, -0.2) is 246 Å². The molecule has 1 aromatic heterocycles. The van der Waals surface area contributed by atoms with Crippen LogP contribution in [0.4, 0.5) is 21.0 Å². The van der Waals surface area contributed by atoms with Crippen molar-refractivity contribution >= 4 is 87.5 Å². The van der Waals surface area contributed by atoms with Crippen molar-refractivity contribution in [3.63, 3.8) is 0 Å². The van der Waals surface area contributed by atoms with E-state index < -0.39 is 145 Å². The number of nitrogens with one attached hydrogen (secondary N) is 4. The van der Waals surface area contributed by atoms with Crippen LogP contribution in [0.1, 0.15) is 95.9 Å². The molecular formula is C73H97ClN8O25. The number of nitrogens with zero attached hydrogens (tertiary/aromatic N) is 4. The van der Waals surface area contributed by atoms with Gasteiger partial charge in [0.1, 0.15) is 71.4 Å². The van der Waals surface area contributed by atoms with E-state index in [9.17, 15) is 73.8 Å². The summed E-state index contributed by atoms with van der Waals surface area (Å²) in [6.45, 7) is 6.87. The number of hydrogen-bond acceptors (Lipinski definition) is 25. The Kier molecular flexibility index (Phi) is 29.6. The topological polar surface area (TPSA) is 433 Å². The summed E-state index contributed by atoms with van der Waals surface area (Å²) in [6.07, 6.45) is -12.1. The fourth-order valence-corrected chi connectivity index (χ4v) is 13.1. The highest BCUT2D eigenvalue weighted by atomic mass is 35.5. The number of esters is 1. The number of rotatable bonds is 32. The molecule has 3 saturated heterocycles. The number of likely N-dealkylation sites (N-methyl/N-ethyl adjacent to an activating group) is 1. The number of epoxide rings is 1. The van der Waals surface area contributed by atoms with Crippen LogP contribution in [-0.2, 0) is 97.6 Å². The Morgan fingerprint density at radius 2 is 1.62 bits per heavy atom. The van der Waals surface area contributed by atoms with Gasteiger partial charge in [0.05, 0.1) is 69.8 Å². The molecule has 3 fully saturated rings. The number of ketones is 1. The predicted octanol–water partition coefficient (Wildman–Crippen LogP) is 4.27. The molecule has 4 bridgehead atoms. The maximum atomic E-state index is 14.6. The van der Waals surface area contributed by atoms with Gasteiger partial charge in [-0.05, 0) is 100.0 Å². The van der Waals surface area contributed by atoms with Gasteiger partial charge in [0.25, 0.3) is 0 Å². The number of Topliss-reactive ketones (excluding diaryl/α,β-unsaturated/α-hetero) is 1. The fraction of sp³-hybridized carbons (Fsp3) is 0.548. The number of alkyl carbamates (subject to hydrolysis) is 1. The number of benzene rings is 3. The van der Waals surface area contributed by atoms with Gasteiger partial charge in [-0.2, -0.15) is 0 Å². The molecular weight excluding hydrogens is 1420 g/mol. The van der Waals surface area contributed by atoms with E-state index in [1.807, 2.05) is 53.9 Å². The number of aromatic nitrogens is 1. The Balaban J connectivity index is 0.878. The monoisotopic (exact) mass is 1520 g/mol. The van der Waals surface area contributed by atoms with Crippen LogP contribution in [0.25, 0.3) is 10.9 Å². The van der Waals surface area contributed by atoms with Crippen LogP contribution in [0.5, 0.6) is 11.5 Å². The van der Waals surface area contributed by atoms with Crippen molar-refractivity contribution in [2.24, 2.45) is 5.92 Å². The number of carboxylic acids is 2. The average Bonchev–Trinajstić information content (AvgIpc) is 1.57. The molecule has 8 rings (SSSR count). The maximum Gasteiger partial charge on any atom is 0.410 e. The number of hydrogen-bond donors (Lipinski definition) is 10. The Hall–Kier alpha value is -8.84. The Morgan fingerprint density at radius 1 is 0.888 bits per heavy atom. The third-order valence-corrected chi connectivity index (χ3v) is 19.7. The summed E-state index contributed by atoms with van der Waals surface area (Å²) in [5.74, 6) is -6.51. The minimum Gasteiger partial charge on any atom is -0.495 e. The highest BCUT2D eigenvalue weighted by Gasteiger charge is 2.65. The number of para-hydroxylation sites is 1. The third kappa shape index (κ3) is 21.7. The van der Waals surface area contributed by atoms with Gasteiger partial charge in [0.2, 0.25) is 24.0 Å². The zero-order valence-electron chi connectivity index (χ0n) is 61.4. The van der Waals surface area contributed by atoms with Gasteiger partial charge in [0.15, 0.2) is 17.6 Å². The van der Waals surface area contributed by atoms with Crippen molar-refractivity contribution in [3.05, 3.63) is 106 Å². The minimum atomic E-state index is -2.05. The minimum absolute atomic E-state index is 0.00293. The lowest BCUT2D eigenvalue weighted by Gasteiger charge is -2.42. The molecule has 5 amide bonds. The van der Waals surface area contributed by atoms with E-state index in [4.69, 9.17) is 59.0 Å². The molecule has 0 saturated carbocycles. The van der Waals surface area contributed by atoms with Gasteiger partial charge in [-0.3, -0.25) is 39.6 Å². The number of carboxylic acid groups (broad SMARTS) is 2. The Morgan fingerprint density at radius 3 is 2.32 bits per heavy atom. The number of hydrazine groups is 1. The number of aliphatic hydroxyl groups is 4. The number of aliphatic hydroxyl groups excluding tert-OH is 3. The van der Waals surface area contributed by atoms with Crippen molar-refractivity contribution in [3.8, 4) is 11.5 Å². The molecule has 4 aromatic rings. The first-order valence-electron chi connectivity index (χ1n) is 35.0. The lowest BCUT2D eigenvalue weighted by molar-refractivity contribution is -0.271. The quantitative estimate of drug-likeness (QED) is 0.0107. The summed E-state index contributed by atoms with van der Waals surface area (Å²) in [5, 5.41) is 73.7. The highest BCUT2D eigenvalue weighted by molar-refractivity contribution is 6.35. The molecule has 4 aliphatic rings. The summed E-state index contributed by atoms with van der Waals surface area (Å²) in [5.41, 5.74) is 3.46. The molecule has 10 N–H and O–H groups in total. The van der Waals surface area contributed by atoms with Crippen LogP contribution in [0.2, 0.25) is 5.02 Å². The number of carbonyl (C=O) groups is 9. The molecule has 586 valence electrons. The summed E-state index contributed by atoms with van der Waals surface area (Å²) >= 11 is 6.86. The van der Waals surface area contributed by atoms with E-state index in [-0.39, 0.29) is 111 Å². The molecule has 33 nitrogen and oxygen atoms in total. The lowest BCUT2D eigenvalue weighted by atomic mass is 9.83. The van der Waals surface area contributed by atoms with E-state index >= 15 is 0 Å². The zero-order chi connectivity index (χ0) is 78.2. The van der Waals surface area contributed by atoms with Crippen LogP contribution in [0, 0.1) is 5.92 Å². The molecule has 34 heteroatoms. The van der Waals surface area contributed by atoms with Gasteiger partial charge >= 0.3 is 30.1 Å². The number of carbonyl (C=O) groups excluding carboxylic acids is 7. The maximum absolute atomic E-state index is 14.6. The number of allylic oxidation sites excluding steroid dienone is 3. The predicted molar refractivity (Wildman–Crippen MR) is 383 cm³/mol. The number of ether oxygens (including phenoxy) is 10. The number of aryl methyl sites for hydroxylation is 1.